The number of halogens is 1. The molecule has 1 aromatic heterocycles. The molecule has 0 fully saturated rings. The molecule has 0 bridgehead atoms. The summed E-state index contributed by atoms with van der Waals surface area (Å²) in [7, 11) is 1.63. The number of aromatic nitrogens is 3. The lowest BCUT2D eigenvalue weighted by atomic mass is 10.1. The van der Waals surface area contributed by atoms with Crippen LogP contribution in [-0.4, -0.2) is 28.0 Å². The zero-order chi connectivity index (χ0) is 19.7. The SMILES string of the molecule is COc1ccc([C@@H]2Cn3nnc(C(=O)Nc4ccc(Br)c(C)c4)c3CO2)cc1. The standard InChI is InChI=1S/C20H19BrN4O3/c1-12-9-14(5-8-16(12)21)22-20(26)19-17-11-28-18(10-25(17)24-23-19)13-3-6-15(27-2)7-4-13/h3-9,18H,10-11H2,1-2H3,(H,22,26)/t18-/m0/s1. The number of amides is 1. The van der Waals surface area contributed by atoms with Crippen molar-refractivity contribution in [3.63, 3.8) is 0 Å². The fraction of sp³-hybridized carbons (Fsp3) is 0.250. The molecule has 144 valence electrons. The van der Waals surface area contributed by atoms with Crippen LogP contribution in [-0.2, 0) is 17.9 Å². The van der Waals surface area contributed by atoms with Crippen LogP contribution < -0.4 is 10.1 Å². The van der Waals surface area contributed by atoms with Gasteiger partial charge in [0.2, 0.25) is 0 Å². The van der Waals surface area contributed by atoms with Crippen molar-refractivity contribution < 1.29 is 14.3 Å². The predicted molar refractivity (Wildman–Crippen MR) is 107 cm³/mol. The van der Waals surface area contributed by atoms with E-state index in [-0.39, 0.29) is 24.3 Å². The highest BCUT2D eigenvalue weighted by molar-refractivity contribution is 9.10. The number of aryl methyl sites for hydroxylation is 1. The van der Waals surface area contributed by atoms with Gasteiger partial charge in [-0.25, -0.2) is 4.68 Å². The first-order valence-electron chi connectivity index (χ1n) is 8.80. The number of ether oxygens (including phenoxy) is 2. The number of carbonyl (C=O) groups excluding carboxylic acids is 1. The van der Waals surface area contributed by atoms with Gasteiger partial charge in [0.25, 0.3) is 5.91 Å². The van der Waals surface area contributed by atoms with Crippen LogP contribution in [0.2, 0.25) is 0 Å². The van der Waals surface area contributed by atoms with Gasteiger partial charge in [-0.05, 0) is 48.4 Å². The second kappa shape index (κ2) is 7.73. The van der Waals surface area contributed by atoms with Gasteiger partial charge in [0.15, 0.2) is 5.69 Å². The highest BCUT2D eigenvalue weighted by atomic mass is 79.9. The summed E-state index contributed by atoms with van der Waals surface area (Å²) in [6.45, 7) is 2.73. The van der Waals surface area contributed by atoms with Crippen LogP contribution in [0, 0.1) is 6.92 Å². The topological polar surface area (TPSA) is 78.3 Å². The summed E-state index contributed by atoms with van der Waals surface area (Å²) in [5.41, 5.74) is 3.73. The molecule has 7 nitrogen and oxygen atoms in total. The van der Waals surface area contributed by atoms with Crippen molar-refractivity contribution in [3.8, 4) is 5.75 Å². The van der Waals surface area contributed by atoms with Crippen LogP contribution in [0.15, 0.2) is 46.9 Å². The number of rotatable bonds is 4. The predicted octanol–water partition coefficient (Wildman–Crippen LogP) is 3.88. The molecule has 0 spiro atoms. The Morgan fingerprint density at radius 2 is 2.07 bits per heavy atom. The van der Waals surface area contributed by atoms with Gasteiger partial charge in [0, 0.05) is 10.2 Å². The maximum atomic E-state index is 12.7. The van der Waals surface area contributed by atoms with Crippen LogP contribution in [0.5, 0.6) is 5.75 Å². The van der Waals surface area contributed by atoms with E-state index in [1.807, 2.05) is 49.4 Å². The Morgan fingerprint density at radius 3 is 2.79 bits per heavy atom. The zero-order valence-electron chi connectivity index (χ0n) is 15.5. The van der Waals surface area contributed by atoms with E-state index in [0.717, 1.165) is 21.3 Å². The van der Waals surface area contributed by atoms with E-state index in [1.165, 1.54) is 0 Å². The highest BCUT2D eigenvalue weighted by Gasteiger charge is 2.27. The third-order valence-electron chi connectivity index (χ3n) is 4.72. The van der Waals surface area contributed by atoms with E-state index in [9.17, 15) is 4.79 Å². The van der Waals surface area contributed by atoms with E-state index in [4.69, 9.17) is 9.47 Å². The molecule has 3 aromatic rings. The molecule has 1 aliphatic heterocycles. The number of nitrogens with zero attached hydrogens (tertiary/aromatic N) is 3. The van der Waals surface area contributed by atoms with Gasteiger partial charge in [-0.3, -0.25) is 4.79 Å². The molecule has 28 heavy (non-hydrogen) atoms. The van der Waals surface area contributed by atoms with E-state index < -0.39 is 0 Å². The molecule has 0 unspecified atom stereocenters. The number of hydrogen-bond donors (Lipinski definition) is 1. The molecule has 2 aromatic carbocycles. The van der Waals surface area contributed by atoms with Crippen molar-refractivity contribution in [3.05, 3.63) is 69.5 Å². The van der Waals surface area contributed by atoms with Crippen molar-refractivity contribution in [2.24, 2.45) is 0 Å². The van der Waals surface area contributed by atoms with Crippen LogP contribution in [0.4, 0.5) is 5.69 Å². The van der Waals surface area contributed by atoms with E-state index >= 15 is 0 Å². The van der Waals surface area contributed by atoms with E-state index in [0.29, 0.717) is 17.9 Å². The summed E-state index contributed by atoms with van der Waals surface area (Å²) in [6, 6.07) is 13.4. The minimum Gasteiger partial charge on any atom is -0.497 e. The third-order valence-corrected chi connectivity index (χ3v) is 5.61. The number of hydrogen-bond acceptors (Lipinski definition) is 5. The van der Waals surface area contributed by atoms with Crippen LogP contribution >= 0.6 is 15.9 Å². The molecule has 1 atom stereocenters. The fourth-order valence-electron chi connectivity index (χ4n) is 3.12. The molecular formula is C20H19BrN4O3. The Kier molecular flexibility index (Phi) is 5.15. The van der Waals surface area contributed by atoms with Crippen molar-refractivity contribution >= 4 is 27.5 Å². The highest BCUT2D eigenvalue weighted by Crippen LogP contribution is 2.28. The third kappa shape index (κ3) is 3.65. The van der Waals surface area contributed by atoms with Crippen molar-refractivity contribution in [1.29, 1.82) is 0 Å². The van der Waals surface area contributed by atoms with Crippen LogP contribution in [0.1, 0.15) is 33.4 Å². The quantitative estimate of drug-likeness (QED) is 0.662. The van der Waals surface area contributed by atoms with E-state index in [2.05, 4.69) is 31.6 Å². The average molecular weight is 443 g/mol. The summed E-state index contributed by atoms with van der Waals surface area (Å²) >= 11 is 3.45. The summed E-state index contributed by atoms with van der Waals surface area (Å²) < 4.78 is 13.9. The maximum Gasteiger partial charge on any atom is 0.278 e. The summed E-state index contributed by atoms with van der Waals surface area (Å²) in [5.74, 6) is 0.498. The molecule has 0 saturated carbocycles. The first kappa shape index (κ1) is 18.6. The Balaban J connectivity index is 1.49. The van der Waals surface area contributed by atoms with Gasteiger partial charge in [-0.2, -0.15) is 0 Å². The molecule has 1 aliphatic rings. The summed E-state index contributed by atoms with van der Waals surface area (Å²) in [6.07, 6.45) is -0.148. The first-order valence-corrected chi connectivity index (χ1v) is 9.60. The molecule has 8 heteroatoms. The van der Waals surface area contributed by atoms with Crippen molar-refractivity contribution in [2.45, 2.75) is 26.2 Å². The minimum absolute atomic E-state index is 0.148. The van der Waals surface area contributed by atoms with Gasteiger partial charge in [-0.15, -0.1) is 5.10 Å². The summed E-state index contributed by atoms with van der Waals surface area (Å²) in [5, 5.41) is 11.1. The Hall–Kier alpha value is -2.71. The van der Waals surface area contributed by atoms with Crippen LogP contribution in [0.3, 0.4) is 0 Å². The Bertz CT molecular complexity index is 1020. The zero-order valence-corrected chi connectivity index (χ0v) is 17.1. The Morgan fingerprint density at radius 1 is 1.29 bits per heavy atom. The van der Waals surface area contributed by atoms with E-state index in [1.54, 1.807) is 11.8 Å². The first-order chi connectivity index (χ1) is 13.5. The minimum atomic E-state index is -0.297. The number of fused-ring (bicyclic) bond motifs is 1. The second-order valence-corrected chi connectivity index (χ2v) is 7.41. The lowest BCUT2D eigenvalue weighted by molar-refractivity contribution is -0.00173. The number of nitrogens with one attached hydrogen (secondary N) is 1. The van der Waals surface area contributed by atoms with Gasteiger partial charge in [0.1, 0.15) is 11.9 Å². The maximum absolute atomic E-state index is 12.7. The smallest absolute Gasteiger partial charge is 0.278 e. The molecule has 1 amide bonds. The number of carbonyl (C=O) groups is 1. The molecule has 4 rings (SSSR count). The Labute approximate surface area is 170 Å². The van der Waals surface area contributed by atoms with Gasteiger partial charge < -0.3 is 14.8 Å². The molecular weight excluding hydrogens is 424 g/mol. The molecule has 0 radical (unpaired) electrons. The van der Waals surface area contributed by atoms with Crippen molar-refractivity contribution in [2.75, 3.05) is 12.4 Å². The summed E-state index contributed by atoms with van der Waals surface area (Å²) in [4.78, 5) is 12.7. The number of anilines is 1. The average Bonchev–Trinajstić information content (AvgIpc) is 3.14. The fourth-order valence-corrected chi connectivity index (χ4v) is 3.37. The van der Waals surface area contributed by atoms with Crippen molar-refractivity contribution in [1.82, 2.24) is 15.0 Å². The van der Waals surface area contributed by atoms with Crippen LogP contribution in [0.25, 0.3) is 0 Å². The number of methoxy groups -OCH3 is 1. The lowest BCUT2D eigenvalue weighted by Crippen LogP contribution is -2.24. The van der Waals surface area contributed by atoms with Gasteiger partial charge in [0.05, 0.1) is 26.0 Å². The molecule has 2 heterocycles. The number of benzene rings is 2. The van der Waals surface area contributed by atoms with Gasteiger partial charge in [-0.1, -0.05) is 33.3 Å². The normalized spacial score (nSPS) is 15.8. The largest absolute Gasteiger partial charge is 0.497 e. The molecule has 0 aliphatic carbocycles. The molecule has 0 saturated heterocycles. The lowest BCUT2D eigenvalue weighted by Gasteiger charge is -2.24. The molecule has 1 N–H and O–H groups in total. The monoisotopic (exact) mass is 442 g/mol. The second-order valence-electron chi connectivity index (χ2n) is 6.56. The van der Waals surface area contributed by atoms with Gasteiger partial charge >= 0.3 is 0 Å².